The van der Waals surface area contributed by atoms with E-state index in [1.807, 2.05) is 31.8 Å². The van der Waals surface area contributed by atoms with Crippen molar-refractivity contribution in [2.45, 2.75) is 46.1 Å². The molecule has 1 unspecified atom stereocenters. The van der Waals surface area contributed by atoms with Crippen LogP contribution in [-0.4, -0.2) is 14.8 Å². The molecule has 2 N–H and O–H groups in total. The highest BCUT2D eigenvalue weighted by Crippen LogP contribution is 2.36. The second-order valence-corrected chi connectivity index (χ2v) is 7.10. The monoisotopic (exact) mass is 278 g/mol. The van der Waals surface area contributed by atoms with Gasteiger partial charge in [0.25, 0.3) is 0 Å². The Balaban J connectivity index is 2.56. The van der Waals surface area contributed by atoms with Gasteiger partial charge in [0.1, 0.15) is 5.01 Å². The lowest BCUT2D eigenvalue weighted by Crippen LogP contribution is -2.13. The van der Waals surface area contributed by atoms with E-state index in [0.717, 1.165) is 26.8 Å². The third-order valence-corrected chi connectivity index (χ3v) is 4.41. The predicted molar refractivity (Wildman–Crippen MR) is 80.4 cm³/mol. The first-order chi connectivity index (χ1) is 8.70. The molecule has 2 aromatic rings. The lowest BCUT2D eigenvalue weighted by Gasteiger charge is -2.16. The summed E-state index contributed by atoms with van der Waals surface area (Å²) in [5.74, 6) is 0. The fourth-order valence-electron chi connectivity index (χ4n) is 2.14. The molecule has 0 bridgehead atoms. The number of thiazole rings is 1. The Hall–Kier alpha value is -1.20. The van der Waals surface area contributed by atoms with Crippen molar-refractivity contribution in [2.24, 2.45) is 12.8 Å². The average molecular weight is 278 g/mol. The Labute approximate surface area is 118 Å². The third kappa shape index (κ3) is 2.72. The highest BCUT2D eigenvalue weighted by atomic mass is 32.1. The van der Waals surface area contributed by atoms with Crippen LogP contribution < -0.4 is 5.73 Å². The summed E-state index contributed by atoms with van der Waals surface area (Å²) in [6.07, 6.45) is 2.05. The van der Waals surface area contributed by atoms with Gasteiger partial charge < -0.3 is 5.73 Å². The summed E-state index contributed by atoms with van der Waals surface area (Å²) in [5.41, 5.74) is 9.22. The Kier molecular flexibility index (Phi) is 3.53. The van der Waals surface area contributed by atoms with Crippen molar-refractivity contribution in [3.63, 3.8) is 0 Å². The number of aryl methyl sites for hydroxylation is 2. The van der Waals surface area contributed by atoms with Crippen molar-refractivity contribution >= 4 is 11.3 Å². The van der Waals surface area contributed by atoms with Crippen LogP contribution >= 0.6 is 11.3 Å². The maximum Gasteiger partial charge on any atom is 0.127 e. The molecule has 0 saturated carbocycles. The summed E-state index contributed by atoms with van der Waals surface area (Å²) in [6, 6.07) is 0.0287. The van der Waals surface area contributed by atoms with Crippen LogP contribution in [-0.2, 0) is 12.5 Å². The summed E-state index contributed by atoms with van der Waals surface area (Å²) >= 11 is 1.67. The molecule has 5 heteroatoms. The molecule has 104 valence electrons. The number of nitrogens with zero attached hydrogens (tertiary/aromatic N) is 3. The van der Waals surface area contributed by atoms with Crippen molar-refractivity contribution in [3.05, 3.63) is 22.5 Å². The van der Waals surface area contributed by atoms with E-state index < -0.39 is 0 Å². The largest absolute Gasteiger partial charge is 0.323 e. The molecule has 2 rings (SSSR count). The standard InChI is InChI=1S/C14H22N4S/c1-8(15)11-9(2)16-13(19-11)10-7-18(6)17-12(10)14(3,4)5/h7-8H,15H2,1-6H3. The van der Waals surface area contributed by atoms with Crippen LogP contribution in [0.3, 0.4) is 0 Å². The van der Waals surface area contributed by atoms with Gasteiger partial charge in [-0.15, -0.1) is 11.3 Å². The molecule has 0 spiro atoms. The molecule has 0 aromatic carbocycles. The Morgan fingerprint density at radius 2 is 2.00 bits per heavy atom. The number of hydrogen-bond acceptors (Lipinski definition) is 4. The fraction of sp³-hybridized carbons (Fsp3) is 0.571. The Morgan fingerprint density at radius 1 is 1.37 bits per heavy atom. The van der Waals surface area contributed by atoms with Gasteiger partial charge in [0.15, 0.2) is 0 Å². The van der Waals surface area contributed by atoms with Gasteiger partial charge in [-0.25, -0.2) is 4.98 Å². The third-order valence-electron chi connectivity index (χ3n) is 3.02. The van der Waals surface area contributed by atoms with Gasteiger partial charge in [-0.2, -0.15) is 5.10 Å². The normalized spacial score (nSPS) is 13.8. The van der Waals surface area contributed by atoms with Crippen LogP contribution in [0.2, 0.25) is 0 Å². The van der Waals surface area contributed by atoms with Crippen molar-refractivity contribution in [2.75, 3.05) is 0 Å². The summed E-state index contributed by atoms with van der Waals surface area (Å²) < 4.78 is 1.86. The van der Waals surface area contributed by atoms with Gasteiger partial charge in [0, 0.05) is 29.6 Å². The molecule has 0 amide bonds. The minimum absolute atomic E-state index is 0.00463. The van der Waals surface area contributed by atoms with Crippen LogP contribution in [0, 0.1) is 6.92 Å². The molecule has 19 heavy (non-hydrogen) atoms. The van der Waals surface area contributed by atoms with E-state index in [1.165, 1.54) is 0 Å². The molecule has 2 heterocycles. The van der Waals surface area contributed by atoms with Gasteiger partial charge in [0.05, 0.1) is 17.0 Å². The molecule has 0 fully saturated rings. The maximum atomic E-state index is 5.98. The quantitative estimate of drug-likeness (QED) is 0.918. The lowest BCUT2D eigenvalue weighted by molar-refractivity contribution is 0.554. The first-order valence-electron chi connectivity index (χ1n) is 6.47. The molecule has 0 aliphatic carbocycles. The number of rotatable bonds is 2. The van der Waals surface area contributed by atoms with Crippen LogP contribution in [0.25, 0.3) is 10.6 Å². The van der Waals surface area contributed by atoms with Crippen molar-refractivity contribution in [1.29, 1.82) is 0 Å². The van der Waals surface area contributed by atoms with E-state index in [0.29, 0.717) is 0 Å². The lowest BCUT2D eigenvalue weighted by atomic mass is 9.90. The topological polar surface area (TPSA) is 56.7 Å². The van der Waals surface area contributed by atoms with Gasteiger partial charge in [0.2, 0.25) is 0 Å². The van der Waals surface area contributed by atoms with Crippen LogP contribution in [0.4, 0.5) is 0 Å². The van der Waals surface area contributed by atoms with Gasteiger partial charge in [-0.3, -0.25) is 4.68 Å². The molecule has 1 atom stereocenters. The summed E-state index contributed by atoms with van der Waals surface area (Å²) in [7, 11) is 1.95. The molecule has 2 aromatic heterocycles. The van der Waals surface area contributed by atoms with E-state index in [9.17, 15) is 0 Å². The highest BCUT2D eigenvalue weighted by Gasteiger charge is 2.25. The van der Waals surface area contributed by atoms with E-state index in [-0.39, 0.29) is 11.5 Å². The van der Waals surface area contributed by atoms with Crippen LogP contribution in [0.5, 0.6) is 0 Å². The van der Waals surface area contributed by atoms with E-state index in [1.54, 1.807) is 11.3 Å². The van der Waals surface area contributed by atoms with Crippen molar-refractivity contribution < 1.29 is 0 Å². The molecule has 0 aliphatic heterocycles. The highest BCUT2D eigenvalue weighted by molar-refractivity contribution is 7.15. The van der Waals surface area contributed by atoms with E-state index in [4.69, 9.17) is 5.73 Å². The molecular weight excluding hydrogens is 256 g/mol. The van der Waals surface area contributed by atoms with Gasteiger partial charge in [-0.05, 0) is 13.8 Å². The van der Waals surface area contributed by atoms with Gasteiger partial charge in [-0.1, -0.05) is 20.8 Å². The first kappa shape index (κ1) is 14.2. The molecule has 4 nitrogen and oxygen atoms in total. The molecule has 0 saturated heterocycles. The minimum Gasteiger partial charge on any atom is -0.323 e. The fourth-order valence-corrected chi connectivity index (χ4v) is 3.17. The van der Waals surface area contributed by atoms with Crippen molar-refractivity contribution in [3.8, 4) is 10.6 Å². The Morgan fingerprint density at radius 3 is 2.47 bits per heavy atom. The van der Waals surface area contributed by atoms with E-state index in [2.05, 4.69) is 30.9 Å². The number of aromatic nitrogens is 3. The maximum absolute atomic E-state index is 5.98. The number of nitrogens with two attached hydrogens (primary N) is 1. The second-order valence-electron chi connectivity index (χ2n) is 6.07. The average Bonchev–Trinajstić information content (AvgIpc) is 2.80. The number of hydrogen-bond donors (Lipinski definition) is 1. The summed E-state index contributed by atoms with van der Waals surface area (Å²) in [5, 5.41) is 5.61. The summed E-state index contributed by atoms with van der Waals surface area (Å²) in [6.45, 7) is 10.5. The molecule has 0 radical (unpaired) electrons. The summed E-state index contributed by atoms with van der Waals surface area (Å²) in [4.78, 5) is 5.83. The SMILES string of the molecule is Cc1nc(-c2cn(C)nc2C(C)(C)C)sc1C(C)N. The van der Waals surface area contributed by atoms with Crippen LogP contribution in [0.1, 0.15) is 50.0 Å². The van der Waals surface area contributed by atoms with Crippen molar-refractivity contribution in [1.82, 2.24) is 14.8 Å². The smallest absolute Gasteiger partial charge is 0.127 e. The minimum atomic E-state index is 0.00463. The Bertz CT molecular complexity index is 587. The second kappa shape index (κ2) is 4.72. The zero-order valence-corrected chi connectivity index (χ0v) is 13.3. The van der Waals surface area contributed by atoms with Gasteiger partial charge >= 0.3 is 0 Å². The first-order valence-corrected chi connectivity index (χ1v) is 7.29. The predicted octanol–water partition coefficient (Wildman–Crippen LogP) is 3.17. The molecular formula is C14H22N4S. The zero-order chi connectivity index (χ0) is 14.4. The molecule has 0 aliphatic rings. The van der Waals surface area contributed by atoms with Crippen LogP contribution in [0.15, 0.2) is 6.20 Å². The van der Waals surface area contributed by atoms with E-state index >= 15 is 0 Å². The zero-order valence-electron chi connectivity index (χ0n) is 12.5.